The van der Waals surface area contributed by atoms with Gasteiger partial charge in [0.15, 0.2) is 0 Å². The molecule has 0 radical (unpaired) electrons. The zero-order valence-corrected chi connectivity index (χ0v) is 15.2. The molecule has 130 valence electrons. The largest absolute Gasteiger partial charge is 0.495 e. The second kappa shape index (κ2) is 5.63. The molecule has 0 spiro atoms. The highest BCUT2D eigenvalue weighted by molar-refractivity contribution is 5.71. The van der Waals surface area contributed by atoms with Gasteiger partial charge in [-0.1, -0.05) is 73.7 Å². The Balaban J connectivity index is 1.78. The van der Waals surface area contributed by atoms with Crippen LogP contribution < -0.4 is 10.1 Å². The molecule has 1 N–H and O–H groups in total. The topological polar surface area (TPSA) is 21.3 Å². The van der Waals surface area contributed by atoms with Gasteiger partial charge in [-0.3, -0.25) is 0 Å². The molecule has 2 aliphatic rings. The van der Waals surface area contributed by atoms with Gasteiger partial charge in [0, 0.05) is 11.3 Å². The third-order valence-electron chi connectivity index (χ3n) is 6.42. The number of nitrogens with one attached hydrogen (secondary N) is 1. The van der Waals surface area contributed by atoms with E-state index in [-0.39, 0.29) is 11.5 Å². The number of fused-ring (bicyclic) bond motifs is 5. The van der Waals surface area contributed by atoms with E-state index >= 15 is 0 Å². The average molecular weight is 341 g/mol. The molecule has 3 aromatic rings. The van der Waals surface area contributed by atoms with Crippen LogP contribution in [0.2, 0.25) is 0 Å². The van der Waals surface area contributed by atoms with E-state index in [1.54, 1.807) is 7.11 Å². The number of methoxy groups -OCH3 is 1. The van der Waals surface area contributed by atoms with Crippen LogP contribution in [0.15, 0.2) is 72.8 Å². The van der Waals surface area contributed by atoms with Crippen molar-refractivity contribution >= 4 is 5.69 Å². The van der Waals surface area contributed by atoms with Crippen LogP contribution in [-0.4, -0.2) is 7.11 Å². The average Bonchev–Trinajstić information content (AvgIpc) is 3.01. The van der Waals surface area contributed by atoms with Crippen molar-refractivity contribution in [3.05, 3.63) is 95.1 Å². The van der Waals surface area contributed by atoms with Gasteiger partial charge in [-0.25, -0.2) is 0 Å². The fourth-order valence-electron chi connectivity index (χ4n) is 5.16. The summed E-state index contributed by atoms with van der Waals surface area (Å²) >= 11 is 0. The monoisotopic (exact) mass is 341 g/mol. The Bertz CT molecular complexity index is 965. The molecular formula is C24H23NO. The molecule has 0 amide bonds. The predicted octanol–water partition coefficient (Wildman–Crippen LogP) is 5.34. The lowest BCUT2D eigenvalue weighted by atomic mass is 9.64. The van der Waals surface area contributed by atoms with Crippen LogP contribution in [0.25, 0.3) is 0 Å². The number of hydrogen-bond donors (Lipinski definition) is 1. The molecule has 1 heterocycles. The summed E-state index contributed by atoms with van der Waals surface area (Å²) in [6.45, 7) is 2.42. The summed E-state index contributed by atoms with van der Waals surface area (Å²) in [5.41, 5.74) is 6.73. The molecule has 3 aromatic carbocycles. The minimum absolute atomic E-state index is 0.0216. The van der Waals surface area contributed by atoms with Gasteiger partial charge in [0.25, 0.3) is 0 Å². The fraction of sp³-hybridized carbons (Fsp3) is 0.250. The lowest BCUT2D eigenvalue weighted by Crippen LogP contribution is -2.41. The van der Waals surface area contributed by atoms with Crippen LogP contribution in [0.1, 0.15) is 35.2 Å². The standard InChI is InChI=1S/C24H23NO/c1-24-18-12-7-6-11-17(18)15-20(24)22(16-9-4-3-5-10-16)25-23-19(24)13-8-14-21(23)26-2/h3-14,20,22,25H,15H2,1-2H3/t20-,22+,24+/m0/s1. The van der Waals surface area contributed by atoms with E-state index in [0.29, 0.717) is 5.92 Å². The molecule has 1 aliphatic heterocycles. The van der Waals surface area contributed by atoms with Gasteiger partial charge in [-0.05, 0) is 34.7 Å². The quantitative estimate of drug-likeness (QED) is 0.679. The Morgan fingerprint density at radius 2 is 1.62 bits per heavy atom. The van der Waals surface area contributed by atoms with Crippen molar-refractivity contribution in [1.29, 1.82) is 0 Å². The first-order valence-corrected chi connectivity index (χ1v) is 9.31. The fourth-order valence-corrected chi connectivity index (χ4v) is 5.16. The molecule has 0 saturated heterocycles. The second-order valence-corrected chi connectivity index (χ2v) is 7.59. The minimum atomic E-state index is -0.0216. The van der Waals surface area contributed by atoms with E-state index in [4.69, 9.17) is 4.74 Å². The molecule has 1 aliphatic carbocycles. The lowest BCUT2D eigenvalue weighted by Gasteiger charge is -2.45. The minimum Gasteiger partial charge on any atom is -0.495 e. The van der Waals surface area contributed by atoms with E-state index in [9.17, 15) is 0 Å². The third-order valence-corrected chi connectivity index (χ3v) is 6.42. The van der Waals surface area contributed by atoms with Crippen molar-refractivity contribution in [2.75, 3.05) is 12.4 Å². The number of anilines is 1. The van der Waals surface area contributed by atoms with Crippen molar-refractivity contribution < 1.29 is 4.74 Å². The lowest BCUT2D eigenvalue weighted by molar-refractivity contribution is 0.315. The maximum absolute atomic E-state index is 5.72. The highest BCUT2D eigenvalue weighted by Gasteiger charge is 2.52. The second-order valence-electron chi connectivity index (χ2n) is 7.59. The van der Waals surface area contributed by atoms with Crippen molar-refractivity contribution in [2.45, 2.75) is 24.8 Å². The Morgan fingerprint density at radius 3 is 2.42 bits per heavy atom. The summed E-state index contributed by atoms with van der Waals surface area (Å²) in [6, 6.07) is 26.5. The van der Waals surface area contributed by atoms with Gasteiger partial charge in [-0.2, -0.15) is 0 Å². The molecule has 0 saturated carbocycles. The Kier molecular flexibility index (Phi) is 3.36. The van der Waals surface area contributed by atoms with E-state index in [1.165, 1.54) is 22.3 Å². The van der Waals surface area contributed by atoms with Gasteiger partial charge in [0.05, 0.1) is 18.8 Å². The summed E-state index contributed by atoms with van der Waals surface area (Å²) in [4.78, 5) is 0. The van der Waals surface area contributed by atoms with Crippen molar-refractivity contribution in [2.24, 2.45) is 5.92 Å². The van der Waals surface area contributed by atoms with Crippen molar-refractivity contribution in [1.82, 2.24) is 0 Å². The van der Waals surface area contributed by atoms with E-state index in [0.717, 1.165) is 17.9 Å². The first kappa shape index (κ1) is 15.5. The SMILES string of the molecule is COc1cccc2c1N[C@H](c1ccccc1)[C@@H]1Cc3ccccc3[C@]21C. The summed E-state index contributed by atoms with van der Waals surface area (Å²) < 4.78 is 5.72. The van der Waals surface area contributed by atoms with Gasteiger partial charge >= 0.3 is 0 Å². The number of para-hydroxylation sites is 1. The third kappa shape index (κ3) is 1.99. The highest BCUT2D eigenvalue weighted by atomic mass is 16.5. The summed E-state index contributed by atoms with van der Waals surface area (Å²) in [6.07, 6.45) is 1.09. The number of rotatable bonds is 2. The summed E-state index contributed by atoms with van der Waals surface area (Å²) in [5, 5.41) is 3.84. The first-order valence-electron chi connectivity index (χ1n) is 9.31. The summed E-state index contributed by atoms with van der Waals surface area (Å²) in [7, 11) is 1.76. The maximum atomic E-state index is 5.72. The van der Waals surface area contributed by atoms with Crippen LogP contribution in [0.4, 0.5) is 5.69 Å². The van der Waals surface area contributed by atoms with Crippen molar-refractivity contribution in [3.63, 3.8) is 0 Å². The molecule has 2 nitrogen and oxygen atoms in total. The Hall–Kier alpha value is -2.74. The van der Waals surface area contributed by atoms with E-state index < -0.39 is 0 Å². The molecule has 26 heavy (non-hydrogen) atoms. The molecule has 0 aromatic heterocycles. The number of hydrogen-bond acceptors (Lipinski definition) is 2. The highest BCUT2D eigenvalue weighted by Crippen LogP contribution is 2.59. The van der Waals surface area contributed by atoms with Gasteiger partial charge in [0.1, 0.15) is 5.75 Å². The van der Waals surface area contributed by atoms with Gasteiger partial charge in [0.2, 0.25) is 0 Å². The normalized spacial score (nSPS) is 25.6. The smallest absolute Gasteiger partial charge is 0.142 e. The summed E-state index contributed by atoms with van der Waals surface area (Å²) in [5.74, 6) is 1.40. The van der Waals surface area contributed by atoms with Crippen LogP contribution in [0.5, 0.6) is 5.75 Å². The first-order chi connectivity index (χ1) is 12.7. The van der Waals surface area contributed by atoms with Crippen molar-refractivity contribution in [3.8, 4) is 5.75 Å². The molecule has 0 bridgehead atoms. The zero-order valence-electron chi connectivity index (χ0n) is 15.2. The zero-order chi connectivity index (χ0) is 17.7. The van der Waals surface area contributed by atoms with E-state index in [1.807, 2.05) is 0 Å². The predicted molar refractivity (Wildman–Crippen MR) is 106 cm³/mol. The molecule has 3 atom stereocenters. The van der Waals surface area contributed by atoms with E-state index in [2.05, 4.69) is 85.0 Å². The molecule has 5 rings (SSSR count). The molecule has 0 unspecified atom stereocenters. The Morgan fingerprint density at radius 1 is 0.885 bits per heavy atom. The molecular weight excluding hydrogens is 318 g/mol. The number of ether oxygens (including phenoxy) is 1. The van der Waals surface area contributed by atoms with Crippen LogP contribution in [0, 0.1) is 5.92 Å². The molecule has 2 heteroatoms. The maximum Gasteiger partial charge on any atom is 0.142 e. The Labute approximate surface area is 154 Å². The van der Waals surface area contributed by atoms with Crippen LogP contribution >= 0.6 is 0 Å². The van der Waals surface area contributed by atoms with Crippen LogP contribution in [-0.2, 0) is 11.8 Å². The van der Waals surface area contributed by atoms with Gasteiger partial charge < -0.3 is 10.1 Å². The molecule has 0 fully saturated rings. The number of benzene rings is 3. The van der Waals surface area contributed by atoms with Crippen LogP contribution in [0.3, 0.4) is 0 Å². The van der Waals surface area contributed by atoms with Gasteiger partial charge in [-0.15, -0.1) is 0 Å².